The molecule has 0 radical (unpaired) electrons. The van der Waals surface area contributed by atoms with Crippen molar-refractivity contribution in [2.45, 2.75) is 13.2 Å². The van der Waals surface area contributed by atoms with E-state index in [2.05, 4.69) is 0 Å². The van der Waals surface area contributed by atoms with Crippen LogP contribution in [-0.4, -0.2) is 43.7 Å². The number of rotatable bonds is 7. The SMILES string of the molecule is COC(CSCC(C)CO)OC. The van der Waals surface area contributed by atoms with Crippen LogP contribution in [0.2, 0.25) is 0 Å². The van der Waals surface area contributed by atoms with Crippen molar-refractivity contribution in [2.24, 2.45) is 5.92 Å². The number of ether oxygens (including phenoxy) is 2. The first-order chi connectivity index (χ1) is 5.74. The third-order valence-corrected chi connectivity index (χ3v) is 2.81. The van der Waals surface area contributed by atoms with Gasteiger partial charge in [0.2, 0.25) is 0 Å². The molecule has 0 spiro atoms. The average molecular weight is 194 g/mol. The largest absolute Gasteiger partial charge is 0.396 e. The number of methoxy groups -OCH3 is 2. The van der Waals surface area contributed by atoms with E-state index in [9.17, 15) is 0 Å². The standard InChI is InChI=1S/C8H18O3S/c1-7(4-9)5-12-6-8(10-2)11-3/h7-9H,4-6H2,1-3H3. The van der Waals surface area contributed by atoms with Gasteiger partial charge in [0.1, 0.15) is 0 Å². The van der Waals surface area contributed by atoms with Gasteiger partial charge in [0.05, 0.1) is 0 Å². The Labute approximate surface area is 78.4 Å². The Hall–Kier alpha value is 0.230. The molecule has 1 unspecified atom stereocenters. The van der Waals surface area contributed by atoms with E-state index < -0.39 is 0 Å². The number of aliphatic hydroxyl groups is 1. The van der Waals surface area contributed by atoms with Crippen LogP contribution in [0.3, 0.4) is 0 Å². The minimum atomic E-state index is -0.124. The smallest absolute Gasteiger partial charge is 0.165 e. The molecule has 0 aliphatic heterocycles. The second-order valence-corrected chi connectivity index (χ2v) is 3.80. The summed E-state index contributed by atoms with van der Waals surface area (Å²) < 4.78 is 10.0. The predicted molar refractivity (Wildman–Crippen MR) is 51.4 cm³/mol. The molecule has 0 aromatic rings. The van der Waals surface area contributed by atoms with E-state index in [0.717, 1.165) is 11.5 Å². The highest BCUT2D eigenvalue weighted by atomic mass is 32.2. The van der Waals surface area contributed by atoms with Crippen LogP contribution in [0.4, 0.5) is 0 Å². The molecule has 1 atom stereocenters. The Morgan fingerprint density at radius 2 is 1.83 bits per heavy atom. The molecule has 0 saturated heterocycles. The highest BCUT2D eigenvalue weighted by Crippen LogP contribution is 2.10. The van der Waals surface area contributed by atoms with Crippen LogP contribution >= 0.6 is 11.8 Å². The Bertz CT molecular complexity index is 96.3. The monoisotopic (exact) mass is 194 g/mol. The lowest BCUT2D eigenvalue weighted by atomic mass is 10.2. The summed E-state index contributed by atoms with van der Waals surface area (Å²) in [7, 11) is 3.26. The van der Waals surface area contributed by atoms with Gasteiger partial charge in [-0.2, -0.15) is 11.8 Å². The third kappa shape index (κ3) is 5.83. The van der Waals surface area contributed by atoms with Crippen LogP contribution < -0.4 is 0 Å². The van der Waals surface area contributed by atoms with Gasteiger partial charge in [-0.25, -0.2) is 0 Å². The van der Waals surface area contributed by atoms with E-state index in [1.54, 1.807) is 26.0 Å². The lowest BCUT2D eigenvalue weighted by Gasteiger charge is -2.13. The molecule has 0 aromatic heterocycles. The van der Waals surface area contributed by atoms with Crippen molar-refractivity contribution in [3.8, 4) is 0 Å². The summed E-state index contributed by atoms with van der Waals surface area (Å²) in [6.45, 7) is 2.26. The quantitative estimate of drug-likeness (QED) is 0.613. The van der Waals surface area contributed by atoms with Gasteiger partial charge in [0, 0.05) is 26.6 Å². The minimum absolute atomic E-state index is 0.124. The highest BCUT2D eigenvalue weighted by molar-refractivity contribution is 7.99. The summed E-state index contributed by atoms with van der Waals surface area (Å²) in [5, 5.41) is 8.74. The van der Waals surface area contributed by atoms with Gasteiger partial charge >= 0.3 is 0 Å². The Balaban J connectivity index is 3.28. The molecule has 4 heteroatoms. The molecular formula is C8H18O3S. The Morgan fingerprint density at radius 1 is 1.25 bits per heavy atom. The molecule has 12 heavy (non-hydrogen) atoms. The Kier molecular flexibility index (Phi) is 8.01. The van der Waals surface area contributed by atoms with Crippen molar-refractivity contribution < 1.29 is 14.6 Å². The molecule has 74 valence electrons. The molecule has 0 rings (SSSR count). The van der Waals surface area contributed by atoms with Gasteiger partial charge in [0.25, 0.3) is 0 Å². The summed E-state index contributed by atoms with van der Waals surface area (Å²) in [6.07, 6.45) is -0.124. The van der Waals surface area contributed by atoms with Crippen LogP contribution in [0.1, 0.15) is 6.92 Å². The van der Waals surface area contributed by atoms with Crippen LogP contribution in [-0.2, 0) is 9.47 Å². The van der Waals surface area contributed by atoms with Crippen molar-refractivity contribution >= 4 is 11.8 Å². The number of hydrogen-bond donors (Lipinski definition) is 1. The van der Waals surface area contributed by atoms with E-state index in [4.69, 9.17) is 14.6 Å². The first-order valence-electron chi connectivity index (χ1n) is 3.98. The van der Waals surface area contributed by atoms with Gasteiger partial charge in [-0.1, -0.05) is 6.92 Å². The molecular weight excluding hydrogens is 176 g/mol. The van der Waals surface area contributed by atoms with E-state index >= 15 is 0 Å². The highest BCUT2D eigenvalue weighted by Gasteiger charge is 2.06. The molecule has 0 bridgehead atoms. The number of thioether (sulfide) groups is 1. The van der Waals surface area contributed by atoms with Crippen molar-refractivity contribution in [1.29, 1.82) is 0 Å². The maximum absolute atomic E-state index is 8.74. The molecule has 0 heterocycles. The lowest BCUT2D eigenvalue weighted by Crippen LogP contribution is -2.17. The van der Waals surface area contributed by atoms with Gasteiger partial charge in [-0.3, -0.25) is 0 Å². The summed E-state index contributed by atoms with van der Waals surface area (Å²) in [6, 6.07) is 0. The summed E-state index contributed by atoms with van der Waals surface area (Å²) in [5.41, 5.74) is 0. The van der Waals surface area contributed by atoms with E-state index in [1.807, 2.05) is 6.92 Å². The fourth-order valence-corrected chi connectivity index (χ4v) is 1.76. The molecule has 0 aromatic carbocycles. The number of hydrogen-bond acceptors (Lipinski definition) is 4. The van der Waals surface area contributed by atoms with Crippen molar-refractivity contribution in [3.05, 3.63) is 0 Å². The predicted octanol–water partition coefficient (Wildman–Crippen LogP) is 0.967. The lowest BCUT2D eigenvalue weighted by molar-refractivity contribution is -0.0842. The first kappa shape index (κ1) is 12.2. The van der Waals surface area contributed by atoms with Crippen molar-refractivity contribution in [2.75, 3.05) is 32.3 Å². The van der Waals surface area contributed by atoms with Crippen molar-refractivity contribution in [3.63, 3.8) is 0 Å². The van der Waals surface area contributed by atoms with Crippen molar-refractivity contribution in [1.82, 2.24) is 0 Å². The van der Waals surface area contributed by atoms with E-state index in [0.29, 0.717) is 5.92 Å². The molecule has 0 amide bonds. The molecule has 0 aliphatic rings. The van der Waals surface area contributed by atoms with Gasteiger partial charge in [-0.15, -0.1) is 0 Å². The minimum Gasteiger partial charge on any atom is -0.396 e. The maximum atomic E-state index is 8.74. The van der Waals surface area contributed by atoms with E-state index in [1.165, 1.54) is 0 Å². The molecule has 0 fully saturated rings. The number of aliphatic hydroxyl groups excluding tert-OH is 1. The van der Waals surface area contributed by atoms with Crippen LogP contribution in [0, 0.1) is 5.92 Å². The summed E-state index contributed by atoms with van der Waals surface area (Å²) in [4.78, 5) is 0. The van der Waals surface area contributed by atoms with Crippen LogP contribution in [0.25, 0.3) is 0 Å². The first-order valence-corrected chi connectivity index (χ1v) is 5.14. The fourth-order valence-electron chi connectivity index (χ4n) is 0.650. The molecule has 1 N–H and O–H groups in total. The van der Waals surface area contributed by atoms with Crippen LogP contribution in [0.15, 0.2) is 0 Å². The third-order valence-electron chi connectivity index (χ3n) is 1.49. The van der Waals surface area contributed by atoms with Gasteiger partial charge < -0.3 is 14.6 Å². The average Bonchev–Trinajstić information content (AvgIpc) is 2.12. The maximum Gasteiger partial charge on any atom is 0.165 e. The van der Waals surface area contributed by atoms with Gasteiger partial charge in [0.15, 0.2) is 6.29 Å². The molecule has 3 nitrogen and oxygen atoms in total. The second-order valence-electron chi connectivity index (χ2n) is 2.73. The zero-order valence-corrected chi connectivity index (χ0v) is 8.76. The Morgan fingerprint density at radius 3 is 2.25 bits per heavy atom. The van der Waals surface area contributed by atoms with E-state index in [-0.39, 0.29) is 12.9 Å². The normalized spacial score (nSPS) is 13.8. The molecule has 0 saturated carbocycles. The van der Waals surface area contributed by atoms with Gasteiger partial charge in [-0.05, 0) is 11.7 Å². The van der Waals surface area contributed by atoms with Crippen LogP contribution in [0.5, 0.6) is 0 Å². The summed E-state index contributed by atoms with van der Waals surface area (Å²) >= 11 is 1.73. The summed E-state index contributed by atoms with van der Waals surface area (Å²) in [5.74, 6) is 2.11. The second kappa shape index (κ2) is 7.86. The fraction of sp³-hybridized carbons (Fsp3) is 1.00. The zero-order chi connectivity index (χ0) is 9.40. The zero-order valence-electron chi connectivity index (χ0n) is 7.95. The molecule has 0 aliphatic carbocycles. The topological polar surface area (TPSA) is 38.7 Å².